The highest BCUT2D eigenvalue weighted by atomic mass is 35.5. The lowest BCUT2D eigenvalue weighted by Gasteiger charge is -2.40. The number of carbonyl (C=O) groups excluding carboxylic acids is 1. The number of allylic oxidation sites excluding steroid dienone is 3. The van der Waals surface area contributed by atoms with Crippen LogP contribution >= 0.6 is 35.0 Å². The highest BCUT2D eigenvalue weighted by molar-refractivity contribution is 7.98. The maximum Gasteiger partial charge on any atom is 0.161 e. The molecular weight excluding hydrogens is 545 g/mol. The molecule has 0 saturated carbocycles. The van der Waals surface area contributed by atoms with E-state index in [4.69, 9.17) is 28.9 Å². The molecule has 0 amide bonds. The molecule has 5 rings (SSSR count). The number of hydrogen-bond donors (Lipinski definition) is 1. The first-order valence-corrected chi connectivity index (χ1v) is 14.6. The van der Waals surface area contributed by atoms with Gasteiger partial charge in [-0.1, -0.05) is 59.1 Å². The maximum atomic E-state index is 13.6. The number of Topliss-reactive ketones (excluding diaryl/α,β-unsaturated/α-hetero) is 1. The summed E-state index contributed by atoms with van der Waals surface area (Å²) in [5, 5.41) is 11.4. The lowest BCUT2D eigenvalue weighted by molar-refractivity contribution is -0.116. The second-order valence-corrected chi connectivity index (χ2v) is 12.0. The van der Waals surface area contributed by atoms with Crippen LogP contribution in [0.3, 0.4) is 0 Å². The van der Waals surface area contributed by atoms with Crippen molar-refractivity contribution >= 4 is 46.4 Å². The predicted octanol–water partition coefficient (Wildman–Crippen LogP) is 8.52. The molecule has 4 nitrogen and oxygen atoms in total. The molecule has 2 aliphatic rings. The van der Waals surface area contributed by atoms with Gasteiger partial charge in [0.05, 0.1) is 28.3 Å². The Morgan fingerprint density at radius 1 is 1.08 bits per heavy atom. The van der Waals surface area contributed by atoms with Gasteiger partial charge in [-0.25, -0.2) is 0 Å². The zero-order valence-electron chi connectivity index (χ0n) is 22.1. The lowest BCUT2D eigenvalue weighted by Crippen LogP contribution is -2.39. The highest BCUT2D eigenvalue weighted by Crippen LogP contribution is 2.49. The molecule has 2 N–H and O–H groups in total. The number of nitriles is 1. The van der Waals surface area contributed by atoms with Crippen molar-refractivity contribution in [3.05, 3.63) is 115 Å². The molecule has 39 heavy (non-hydrogen) atoms. The highest BCUT2D eigenvalue weighted by Gasteiger charge is 2.41. The standard InChI is InChI=1S/C32H29Cl2N3OS/c1-18-13-21(17-39-29-10-5-4-7-19(29)2)20(3)23(14-18)30-24(16-35)32(36)37(26-12-11-22(33)15-25(26)34)27-8-6-9-28(38)31(27)30/h4-5,7,10-15,30H,6,8-9,17,36H2,1-3H3. The fraction of sp³-hybridized carbons (Fsp3) is 0.250. The topological polar surface area (TPSA) is 70.1 Å². The molecule has 1 unspecified atom stereocenters. The molecule has 0 bridgehead atoms. The third-order valence-corrected chi connectivity index (χ3v) is 9.31. The first-order valence-electron chi connectivity index (χ1n) is 12.9. The SMILES string of the molecule is Cc1cc(CSc2ccccc2C)c(C)c(C2C(C#N)=C(N)N(c3ccc(Cl)cc3Cl)C3=C2C(=O)CCC3)c1. The van der Waals surface area contributed by atoms with Crippen LogP contribution in [0.25, 0.3) is 0 Å². The molecule has 1 heterocycles. The van der Waals surface area contributed by atoms with E-state index >= 15 is 0 Å². The van der Waals surface area contributed by atoms with Crippen LogP contribution in [0, 0.1) is 32.1 Å². The average Bonchev–Trinajstić information content (AvgIpc) is 2.90. The van der Waals surface area contributed by atoms with Crippen molar-refractivity contribution in [1.29, 1.82) is 5.26 Å². The van der Waals surface area contributed by atoms with E-state index in [2.05, 4.69) is 57.2 Å². The van der Waals surface area contributed by atoms with Crippen LogP contribution in [-0.4, -0.2) is 5.78 Å². The smallest absolute Gasteiger partial charge is 0.161 e. The van der Waals surface area contributed by atoms with Gasteiger partial charge in [0.2, 0.25) is 0 Å². The van der Waals surface area contributed by atoms with Gasteiger partial charge in [-0.2, -0.15) is 5.26 Å². The molecule has 7 heteroatoms. The van der Waals surface area contributed by atoms with Gasteiger partial charge in [-0.15, -0.1) is 11.8 Å². The van der Waals surface area contributed by atoms with E-state index in [0.29, 0.717) is 52.0 Å². The average molecular weight is 575 g/mol. The summed E-state index contributed by atoms with van der Waals surface area (Å²) in [5.74, 6) is 0.610. The summed E-state index contributed by atoms with van der Waals surface area (Å²) in [6, 6.07) is 20.2. The number of nitrogens with zero attached hydrogens (tertiary/aromatic N) is 2. The van der Waals surface area contributed by atoms with Crippen LogP contribution in [0.1, 0.15) is 53.0 Å². The van der Waals surface area contributed by atoms with E-state index in [1.54, 1.807) is 34.9 Å². The molecule has 198 valence electrons. The van der Waals surface area contributed by atoms with E-state index in [1.807, 2.05) is 6.07 Å². The first kappa shape index (κ1) is 27.4. The van der Waals surface area contributed by atoms with Crippen LogP contribution in [0.4, 0.5) is 5.69 Å². The van der Waals surface area contributed by atoms with Gasteiger partial charge in [0, 0.05) is 33.4 Å². The van der Waals surface area contributed by atoms with E-state index < -0.39 is 5.92 Å². The van der Waals surface area contributed by atoms with Crippen molar-refractivity contribution in [3.63, 3.8) is 0 Å². The predicted molar refractivity (Wildman–Crippen MR) is 161 cm³/mol. The van der Waals surface area contributed by atoms with Gasteiger partial charge in [0.25, 0.3) is 0 Å². The van der Waals surface area contributed by atoms with Gasteiger partial charge in [-0.05, 0) is 80.1 Å². The zero-order chi connectivity index (χ0) is 27.8. The quantitative estimate of drug-likeness (QED) is 0.310. The fourth-order valence-electron chi connectivity index (χ4n) is 5.62. The van der Waals surface area contributed by atoms with Crippen molar-refractivity contribution < 1.29 is 4.79 Å². The van der Waals surface area contributed by atoms with Crippen LogP contribution in [-0.2, 0) is 10.5 Å². The largest absolute Gasteiger partial charge is 0.384 e. The summed E-state index contributed by atoms with van der Waals surface area (Å²) < 4.78 is 0. The number of nitrogens with two attached hydrogens (primary N) is 1. The molecular formula is C32H29Cl2N3OS. The summed E-state index contributed by atoms with van der Waals surface area (Å²) >= 11 is 14.6. The Balaban J connectivity index is 1.66. The molecule has 0 saturated heterocycles. The molecule has 0 spiro atoms. The number of hydrogen-bond acceptors (Lipinski definition) is 5. The number of thioether (sulfide) groups is 1. The Labute approximate surface area is 244 Å². The molecule has 0 aromatic heterocycles. The number of benzene rings is 3. The van der Waals surface area contributed by atoms with Gasteiger partial charge in [0.1, 0.15) is 5.82 Å². The Morgan fingerprint density at radius 2 is 1.85 bits per heavy atom. The second-order valence-electron chi connectivity index (χ2n) is 10.1. The van der Waals surface area contributed by atoms with Crippen LogP contribution < -0.4 is 10.6 Å². The zero-order valence-corrected chi connectivity index (χ0v) is 24.5. The maximum absolute atomic E-state index is 13.6. The van der Waals surface area contributed by atoms with Crippen LogP contribution in [0.15, 0.2) is 82.2 Å². The normalized spacial score (nSPS) is 17.4. The minimum Gasteiger partial charge on any atom is -0.384 e. The van der Waals surface area contributed by atoms with E-state index in [9.17, 15) is 10.1 Å². The molecule has 3 aromatic rings. The summed E-state index contributed by atoms with van der Waals surface area (Å²) in [5.41, 5.74) is 14.8. The number of aryl methyl sites for hydroxylation is 2. The number of rotatable bonds is 5. The molecule has 1 aliphatic carbocycles. The molecule has 1 aliphatic heterocycles. The number of halogens is 2. The lowest BCUT2D eigenvalue weighted by atomic mass is 9.73. The van der Waals surface area contributed by atoms with Gasteiger partial charge >= 0.3 is 0 Å². The van der Waals surface area contributed by atoms with Crippen molar-refractivity contribution in [2.45, 2.75) is 56.6 Å². The Hall–Kier alpha value is -3.17. The first-order chi connectivity index (χ1) is 18.7. The number of carbonyl (C=O) groups is 1. The van der Waals surface area contributed by atoms with E-state index in [-0.39, 0.29) is 5.78 Å². The molecule has 0 fully saturated rings. The van der Waals surface area contributed by atoms with Crippen molar-refractivity contribution in [2.75, 3.05) is 4.90 Å². The van der Waals surface area contributed by atoms with Crippen LogP contribution in [0.2, 0.25) is 10.0 Å². The third-order valence-electron chi connectivity index (χ3n) is 7.55. The monoisotopic (exact) mass is 573 g/mol. The van der Waals surface area contributed by atoms with Gasteiger partial charge < -0.3 is 5.73 Å². The van der Waals surface area contributed by atoms with Crippen molar-refractivity contribution in [2.24, 2.45) is 5.73 Å². The van der Waals surface area contributed by atoms with Crippen molar-refractivity contribution in [3.8, 4) is 6.07 Å². The Bertz CT molecular complexity index is 1600. The Morgan fingerprint density at radius 3 is 2.56 bits per heavy atom. The summed E-state index contributed by atoms with van der Waals surface area (Å²) in [6.07, 6.45) is 1.82. The van der Waals surface area contributed by atoms with Crippen molar-refractivity contribution in [1.82, 2.24) is 0 Å². The van der Waals surface area contributed by atoms with E-state index in [1.165, 1.54) is 16.0 Å². The fourth-order valence-corrected chi connectivity index (χ4v) is 7.20. The number of anilines is 1. The third kappa shape index (κ3) is 5.10. The van der Waals surface area contributed by atoms with Crippen LogP contribution in [0.5, 0.6) is 0 Å². The number of ketones is 1. The molecule has 0 radical (unpaired) electrons. The molecule has 3 aromatic carbocycles. The minimum atomic E-state index is -0.526. The second kappa shape index (κ2) is 11.1. The van der Waals surface area contributed by atoms with Gasteiger partial charge in [-0.3, -0.25) is 9.69 Å². The Kier molecular flexibility index (Phi) is 7.82. The summed E-state index contributed by atoms with van der Waals surface area (Å²) in [7, 11) is 0. The minimum absolute atomic E-state index is 0.0494. The summed E-state index contributed by atoms with van der Waals surface area (Å²) in [6.45, 7) is 6.27. The van der Waals surface area contributed by atoms with Gasteiger partial charge in [0.15, 0.2) is 5.78 Å². The summed E-state index contributed by atoms with van der Waals surface area (Å²) in [4.78, 5) is 16.6. The van der Waals surface area contributed by atoms with E-state index in [0.717, 1.165) is 28.1 Å². The molecule has 1 atom stereocenters.